The Labute approximate surface area is 517 Å². The molecule has 2 unspecified atom stereocenters. The van der Waals surface area contributed by atoms with Gasteiger partial charge in [-0.1, -0.05) is 291 Å². The van der Waals surface area contributed by atoms with E-state index >= 15 is 0 Å². The minimum absolute atomic E-state index is 0.105. The highest BCUT2D eigenvalue weighted by Crippen LogP contribution is 2.45. The number of rotatable bonds is 67. The van der Waals surface area contributed by atoms with E-state index in [1.165, 1.54) is 167 Å². The van der Waals surface area contributed by atoms with Gasteiger partial charge < -0.3 is 33.8 Å². The zero-order valence-corrected chi connectivity index (χ0v) is 56.4. The summed E-state index contributed by atoms with van der Waals surface area (Å²) < 4.78 is 67.7. The number of carbonyl (C=O) groups is 4. The highest BCUT2D eigenvalue weighted by molar-refractivity contribution is 7.47. The quantitative estimate of drug-likeness (QED) is 0.0222. The van der Waals surface area contributed by atoms with Crippen LogP contribution in [0.3, 0.4) is 0 Å². The van der Waals surface area contributed by atoms with Crippen molar-refractivity contribution < 1.29 is 80.2 Å². The smallest absolute Gasteiger partial charge is 0.462 e. The molecule has 0 radical (unpaired) electrons. The standard InChI is InChI=1S/C66H128O17P2/c1-5-9-13-17-20-23-24-25-26-27-28-29-30-31-32-33-34-35-38-41-45-49-53-66(71)83-62(57-77-64(69)51-47-43-39-36-21-18-14-10-6-2)59-81-85(74,75)79-55-60(67)54-78-84(72,73)80-58-61(56-76-63(68)50-46-42-16-12-8-4)82-65(70)52-48-44-40-37-22-19-15-11-7-3/h60-62,67H,5-59H2,1-4H3,(H,72,73)(H,74,75)/t60-,61+,62+/m0/s1. The van der Waals surface area contributed by atoms with Crippen molar-refractivity contribution in [2.45, 2.75) is 361 Å². The molecular weight excluding hydrogens is 1130 g/mol. The number of aliphatic hydroxyl groups is 1. The van der Waals surface area contributed by atoms with E-state index < -0.39 is 97.5 Å². The number of phosphoric acid groups is 2. The Morgan fingerprint density at radius 3 is 0.694 bits per heavy atom. The Hall–Kier alpha value is -1.94. The van der Waals surface area contributed by atoms with Gasteiger partial charge in [0.25, 0.3) is 0 Å². The Bertz CT molecular complexity index is 1640. The fraction of sp³-hybridized carbons (Fsp3) is 0.939. The molecule has 504 valence electrons. The maximum atomic E-state index is 13.0. The van der Waals surface area contributed by atoms with Gasteiger partial charge in [-0.25, -0.2) is 9.13 Å². The highest BCUT2D eigenvalue weighted by atomic mass is 31.2. The summed E-state index contributed by atoms with van der Waals surface area (Å²) in [5.41, 5.74) is 0. The van der Waals surface area contributed by atoms with Gasteiger partial charge in [-0.15, -0.1) is 0 Å². The van der Waals surface area contributed by atoms with Crippen LogP contribution in [0, 0.1) is 0 Å². The number of esters is 4. The average molecular weight is 1260 g/mol. The third-order valence-corrected chi connectivity index (χ3v) is 17.3. The van der Waals surface area contributed by atoms with Crippen LogP contribution in [-0.2, 0) is 65.4 Å². The first-order chi connectivity index (χ1) is 41.2. The Morgan fingerprint density at radius 1 is 0.282 bits per heavy atom. The second-order valence-electron chi connectivity index (χ2n) is 23.9. The summed E-state index contributed by atoms with van der Waals surface area (Å²) in [5.74, 6) is -2.14. The predicted octanol–water partition coefficient (Wildman–Crippen LogP) is 18.7. The van der Waals surface area contributed by atoms with Crippen molar-refractivity contribution in [1.82, 2.24) is 0 Å². The number of carbonyl (C=O) groups excluding carboxylic acids is 4. The monoisotopic (exact) mass is 1250 g/mol. The van der Waals surface area contributed by atoms with E-state index in [1.54, 1.807) is 0 Å². The van der Waals surface area contributed by atoms with Crippen molar-refractivity contribution >= 4 is 39.5 Å². The fourth-order valence-electron chi connectivity index (χ4n) is 9.99. The minimum Gasteiger partial charge on any atom is -0.462 e. The van der Waals surface area contributed by atoms with Gasteiger partial charge in [0.15, 0.2) is 12.2 Å². The highest BCUT2D eigenvalue weighted by Gasteiger charge is 2.30. The average Bonchev–Trinajstić information content (AvgIpc) is 3.56. The first kappa shape index (κ1) is 83.1. The molecule has 0 aromatic rings. The lowest BCUT2D eigenvalue weighted by Gasteiger charge is -2.21. The number of hydrogen-bond acceptors (Lipinski definition) is 15. The summed E-state index contributed by atoms with van der Waals surface area (Å²) in [5, 5.41) is 10.5. The fourth-order valence-corrected chi connectivity index (χ4v) is 11.6. The van der Waals surface area contributed by atoms with E-state index in [1.807, 2.05) is 0 Å². The summed E-state index contributed by atoms with van der Waals surface area (Å²) in [7, 11) is -9.87. The summed E-state index contributed by atoms with van der Waals surface area (Å²) in [4.78, 5) is 71.9. The van der Waals surface area contributed by atoms with Gasteiger partial charge >= 0.3 is 39.5 Å². The van der Waals surface area contributed by atoms with Crippen molar-refractivity contribution in [3.63, 3.8) is 0 Å². The third-order valence-electron chi connectivity index (χ3n) is 15.4. The molecule has 0 aromatic carbocycles. The van der Waals surface area contributed by atoms with Gasteiger partial charge in [-0.05, 0) is 25.7 Å². The lowest BCUT2D eigenvalue weighted by atomic mass is 10.0. The largest absolute Gasteiger partial charge is 0.472 e. The Kier molecular flexibility index (Phi) is 59.6. The molecule has 0 amide bonds. The van der Waals surface area contributed by atoms with Crippen LogP contribution in [0.2, 0.25) is 0 Å². The van der Waals surface area contributed by atoms with E-state index in [0.29, 0.717) is 25.7 Å². The van der Waals surface area contributed by atoms with E-state index in [4.69, 9.17) is 37.0 Å². The molecule has 0 aliphatic heterocycles. The number of hydrogen-bond donors (Lipinski definition) is 3. The maximum Gasteiger partial charge on any atom is 0.472 e. The zero-order chi connectivity index (χ0) is 62.6. The molecule has 19 heteroatoms. The number of phosphoric ester groups is 2. The molecule has 5 atom stereocenters. The van der Waals surface area contributed by atoms with E-state index in [2.05, 4.69) is 27.7 Å². The summed E-state index contributed by atoms with van der Waals surface area (Å²) in [6.07, 6.45) is 47.9. The molecule has 0 bridgehead atoms. The molecule has 0 saturated heterocycles. The van der Waals surface area contributed by atoms with E-state index in [-0.39, 0.29) is 25.7 Å². The van der Waals surface area contributed by atoms with E-state index in [9.17, 15) is 43.2 Å². The molecule has 0 heterocycles. The zero-order valence-electron chi connectivity index (χ0n) is 54.6. The van der Waals surface area contributed by atoms with E-state index in [0.717, 1.165) is 96.3 Å². The van der Waals surface area contributed by atoms with Gasteiger partial charge in [0, 0.05) is 25.7 Å². The molecule has 0 aliphatic rings. The summed E-state index contributed by atoms with van der Waals surface area (Å²) in [6.45, 7) is 4.78. The molecule has 0 aliphatic carbocycles. The number of aliphatic hydroxyl groups excluding tert-OH is 1. The van der Waals surface area contributed by atoms with Crippen LogP contribution in [0.25, 0.3) is 0 Å². The molecule has 0 rings (SSSR count). The summed E-state index contributed by atoms with van der Waals surface area (Å²) in [6, 6.07) is 0. The first-order valence-corrected chi connectivity index (χ1v) is 37.8. The van der Waals surface area contributed by atoms with Crippen LogP contribution in [0.15, 0.2) is 0 Å². The van der Waals surface area contributed by atoms with Gasteiger partial charge in [0.2, 0.25) is 0 Å². The van der Waals surface area contributed by atoms with Crippen molar-refractivity contribution in [3.8, 4) is 0 Å². The SMILES string of the molecule is CCCCCCCCCCCCCCCCCCCCCCCCC(=O)O[C@H](COC(=O)CCCCCCCCCCC)COP(=O)(O)OC[C@@H](O)COP(=O)(O)OC[C@@H](COC(=O)CCCCCCC)OC(=O)CCCCCCCCCCC. The number of unbranched alkanes of at least 4 members (excludes halogenated alkanes) is 41. The van der Waals surface area contributed by atoms with Crippen molar-refractivity contribution in [3.05, 3.63) is 0 Å². The van der Waals surface area contributed by atoms with Crippen molar-refractivity contribution in [1.29, 1.82) is 0 Å². The molecule has 0 fully saturated rings. The minimum atomic E-state index is -4.94. The van der Waals surface area contributed by atoms with Crippen molar-refractivity contribution in [2.75, 3.05) is 39.6 Å². The second-order valence-corrected chi connectivity index (χ2v) is 26.8. The maximum absolute atomic E-state index is 13.0. The molecule has 85 heavy (non-hydrogen) atoms. The van der Waals surface area contributed by atoms with Crippen LogP contribution in [0.1, 0.15) is 342 Å². The normalized spacial score (nSPS) is 14.1. The van der Waals surface area contributed by atoms with Gasteiger partial charge in [0.05, 0.1) is 26.4 Å². The van der Waals surface area contributed by atoms with Gasteiger partial charge in [-0.3, -0.25) is 37.3 Å². The van der Waals surface area contributed by atoms with Crippen LogP contribution >= 0.6 is 15.6 Å². The van der Waals surface area contributed by atoms with Crippen LogP contribution in [0.5, 0.6) is 0 Å². The van der Waals surface area contributed by atoms with Crippen LogP contribution < -0.4 is 0 Å². The first-order valence-electron chi connectivity index (χ1n) is 34.8. The Balaban J connectivity index is 5.02. The van der Waals surface area contributed by atoms with Crippen molar-refractivity contribution in [2.24, 2.45) is 0 Å². The van der Waals surface area contributed by atoms with Gasteiger partial charge in [0.1, 0.15) is 19.3 Å². The topological polar surface area (TPSA) is 237 Å². The molecule has 0 spiro atoms. The van der Waals surface area contributed by atoms with Crippen LogP contribution in [-0.4, -0.2) is 96.7 Å². The molecule has 0 aromatic heterocycles. The Morgan fingerprint density at radius 2 is 0.471 bits per heavy atom. The second kappa shape index (κ2) is 60.9. The number of ether oxygens (including phenoxy) is 4. The van der Waals surface area contributed by atoms with Gasteiger partial charge in [-0.2, -0.15) is 0 Å². The molecule has 0 saturated carbocycles. The molecule has 17 nitrogen and oxygen atoms in total. The lowest BCUT2D eigenvalue weighted by Crippen LogP contribution is -2.30. The van der Waals surface area contributed by atoms with Crippen LogP contribution in [0.4, 0.5) is 0 Å². The molecular formula is C66H128O17P2. The summed E-state index contributed by atoms with van der Waals surface area (Å²) >= 11 is 0. The predicted molar refractivity (Wildman–Crippen MR) is 340 cm³/mol. The lowest BCUT2D eigenvalue weighted by molar-refractivity contribution is -0.161. The third kappa shape index (κ3) is 60.7. The molecule has 3 N–H and O–H groups in total.